The highest BCUT2D eigenvalue weighted by Gasteiger charge is 2.25. The highest BCUT2D eigenvalue weighted by molar-refractivity contribution is 7.89. The summed E-state index contributed by atoms with van der Waals surface area (Å²) in [7, 11) is -2.71. The Balaban J connectivity index is 2.29. The van der Waals surface area contributed by atoms with Crippen molar-refractivity contribution in [2.45, 2.75) is 31.1 Å². The molecule has 0 saturated heterocycles. The molecule has 0 radical (unpaired) electrons. The summed E-state index contributed by atoms with van der Waals surface area (Å²) in [5.74, 6) is -0.374. The molecule has 3 aromatic rings. The number of nitrogens with two attached hydrogens (primary N) is 1. The second-order valence-electron chi connectivity index (χ2n) is 7.75. The number of rotatable bonds is 5. The van der Waals surface area contributed by atoms with Crippen LogP contribution in [0.2, 0.25) is 5.15 Å². The minimum absolute atomic E-state index is 0.0181. The normalized spacial score (nSPS) is 12.0. The van der Waals surface area contributed by atoms with Crippen molar-refractivity contribution in [3.63, 3.8) is 0 Å². The van der Waals surface area contributed by atoms with Gasteiger partial charge in [-0.15, -0.1) is 0 Å². The van der Waals surface area contributed by atoms with E-state index in [4.69, 9.17) is 26.2 Å². The topological polar surface area (TPSA) is 104 Å². The third-order valence-corrected chi connectivity index (χ3v) is 5.74. The zero-order valence-electron chi connectivity index (χ0n) is 17.3. The lowest BCUT2D eigenvalue weighted by atomic mass is 9.86. The van der Waals surface area contributed by atoms with Gasteiger partial charge in [0.05, 0.1) is 12.0 Å². The van der Waals surface area contributed by atoms with Crippen LogP contribution >= 0.6 is 11.6 Å². The molecule has 2 aromatic carbocycles. The van der Waals surface area contributed by atoms with Crippen molar-refractivity contribution in [3.05, 3.63) is 59.3 Å². The average Bonchev–Trinajstić information content (AvgIpc) is 2.68. The molecule has 1 heterocycles. The van der Waals surface area contributed by atoms with Gasteiger partial charge in [-0.2, -0.15) is 0 Å². The quantitative estimate of drug-likeness (QED) is 0.548. The SMILES string of the molecule is COc1ccc(F)cc1Oc1c(Cl)ncnc1-c1cc(C(C)(C)C)ccc1S(N)(=O)=O. The molecule has 0 saturated carbocycles. The summed E-state index contributed by atoms with van der Waals surface area (Å²) in [6, 6.07) is 8.46. The van der Waals surface area contributed by atoms with E-state index < -0.39 is 15.8 Å². The number of hydrogen-bond acceptors (Lipinski definition) is 6. The van der Waals surface area contributed by atoms with Crippen LogP contribution in [0.1, 0.15) is 26.3 Å². The van der Waals surface area contributed by atoms with Crippen molar-refractivity contribution in [3.8, 4) is 28.5 Å². The molecule has 164 valence electrons. The van der Waals surface area contributed by atoms with Gasteiger partial charge in [-0.25, -0.2) is 27.9 Å². The van der Waals surface area contributed by atoms with Crippen LogP contribution in [-0.4, -0.2) is 25.5 Å². The first-order chi connectivity index (χ1) is 14.4. The van der Waals surface area contributed by atoms with Crippen LogP contribution in [0.3, 0.4) is 0 Å². The predicted molar refractivity (Wildman–Crippen MR) is 116 cm³/mol. The maximum absolute atomic E-state index is 13.8. The summed E-state index contributed by atoms with van der Waals surface area (Å²) in [6.45, 7) is 5.93. The lowest BCUT2D eigenvalue weighted by Gasteiger charge is -2.21. The second kappa shape index (κ2) is 8.41. The Morgan fingerprint density at radius 1 is 1.06 bits per heavy atom. The molecule has 0 amide bonds. The van der Waals surface area contributed by atoms with E-state index in [0.29, 0.717) is 0 Å². The third kappa shape index (κ3) is 4.95. The van der Waals surface area contributed by atoms with E-state index in [1.807, 2.05) is 20.8 Å². The molecule has 0 atom stereocenters. The molecule has 0 bridgehead atoms. The molecule has 2 N–H and O–H groups in total. The molecular weight excluding hydrogens is 445 g/mol. The molecule has 1 aromatic heterocycles. The molecule has 0 aliphatic rings. The number of aromatic nitrogens is 2. The van der Waals surface area contributed by atoms with E-state index in [9.17, 15) is 12.8 Å². The summed E-state index contributed by atoms with van der Waals surface area (Å²) in [6.07, 6.45) is 1.17. The Bertz CT molecular complexity index is 1240. The van der Waals surface area contributed by atoms with Crippen molar-refractivity contribution in [1.29, 1.82) is 0 Å². The van der Waals surface area contributed by atoms with E-state index in [1.165, 1.54) is 31.6 Å². The number of ether oxygens (including phenoxy) is 2. The van der Waals surface area contributed by atoms with E-state index in [-0.39, 0.29) is 44.0 Å². The van der Waals surface area contributed by atoms with Gasteiger partial charge in [-0.3, -0.25) is 0 Å². The number of sulfonamides is 1. The molecule has 0 spiro atoms. The lowest BCUT2D eigenvalue weighted by Crippen LogP contribution is -2.16. The van der Waals surface area contributed by atoms with E-state index in [1.54, 1.807) is 12.1 Å². The first-order valence-corrected chi connectivity index (χ1v) is 11.0. The second-order valence-corrected chi connectivity index (χ2v) is 9.63. The van der Waals surface area contributed by atoms with Gasteiger partial charge in [0.1, 0.15) is 17.8 Å². The van der Waals surface area contributed by atoms with Gasteiger partial charge >= 0.3 is 0 Å². The Morgan fingerprint density at radius 2 is 1.77 bits per heavy atom. The van der Waals surface area contributed by atoms with Crippen molar-refractivity contribution < 1.29 is 22.3 Å². The number of benzene rings is 2. The fraction of sp³-hybridized carbons (Fsp3) is 0.238. The van der Waals surface area contributed by atoms with Crippen molar-refractivity contribution >= 4 is 21.6 Å². The number of primary sulfonamides is 1. The van der Waals surface area contributed by atoms with Gasteiger partial charge in [-0.1, -0.05) is 38.4 Å². The molecule has 31 heavy (non-hydrogen) atoms. The van der Waals surface area contributed by atoms with Gasteiger partial charge in [-0.05, 0) is 35.2 Å². The maximum Gasteiger partial charge on any atom is 0.238 e. The molecule has 7 nitrogen and oxygen atoms in total. The first kappa shape index (κ1) is 22.9. The van der Waals surface area contributed by atoms with E-state index in [2.05, 4.69) is 9.97 Å². The standard InChI is InChI=1S/C21H21ClFN3O4S/c1-21(2,3)12-5-8-17(31(24,27)28)14(9-12)18-19(20(22)26-11-25-18)30-16-10-13(23)6-7-15(16)29-4/h5-11H,1-4H3,(H2,24,27,28). The van der Waals surface area contributed by atoms with Crippen LogP contribution in [0.25, 0.3) is 11.3 Å². The molecule has 0 unspecified atom stereocenters. The van der Waals surface area contributed by atoms with Crippen LogP contribution in [0, 0.1) is 5.82 Å². The van der Waals surface area contributed by atoms with Gasteiger partial charge in [0.2, 0.25) is 10.0 Å². The Morgan fingerprint density at radius 3 is 2.39 bits per heavy atom. The van der Waals surface area contributed by atoms with Crippen LogP contribution in [-0.2, 0) is 15.4 Å². The van der Waals surface area contributed by atoms with E-state index in [0.717, 1.165) is 11.6 Å². The number of methoxy groups -OCH3 is 1. The summed E-state index contributed by atoms with van der Waals surface area (Å²) in [4.78, 5) is 7.96. The fourth-order valence-electron chi connectivity index (χ4n) is 2.90. The highest BCUT2D eigenvalue weighted by Crippen LogP contribution is 2.42. The van der Waals surface area contributed by atoms with Crippen LogP contribution in [0.4, 0.5) is 4.39 Å². The van der Waals surface area contributed by atoms with Crippen LogP contribution < -0.4 is 14.6 Å². The minimum Gasteiger partial charge on any atom is -0.493 e. The monoisotopic (exact) mass is 465 g/mol. The van der Waals surface area contributed by atoms with Crippen molar-refractivity contribution in [2.24, 2.45) is 5.14 Å². The van der Waals surface area contributed by atoms with Gasteiger partial charge in [0.25, 0.3) is 0 Å². The van der Waals surface area contributed by atoms with Gasteiger partial charge < -0.3 is 9.47 Å². The Labute approximate surface area is 185 Å². The highest BCUT2D eigenvalue weighted by atomic mass is 35.5. The first-order valence-electron chi connectivity index (χ1n) is 9.11. The minimum atomic E-state index is -4.11. The molecule has 0 aliphatic heterocycles. The Kier molecular flexibility index (Phi) is 6.22. The van der Waals surface area contributed by atoms with Crippen LogP contribution in [0.5, 0.6) is 17.2 Å². The van der Waals surface area contributed by atoms with Crippen molar-refractivity contribution in [2.75, 3.05) is 7.11 Å². The summed E-state index contributed by atoms with van der Waals surface area (Å²) in [5.41, 5.74) is 0.805. The molecule has 0 fully saturated rings. The average molecular weight is 466 g/mol. The molecule has 10 heteroatoms. The number of hydrogen-bond donors (Lipinski definition) is 1. The fourth-order valence-corrected chi connectivity index (χ4v) is 3.80. The molecule has 0 aliphatic carbocycles. The molecule has 3 rings (SSSR count). The number of nitrogens with zero attached hydrogens (tertiary/aromatic N) is 2. The summed E-state index contributed by atoms with van der Waals surface area (Å²) in [5, 5.41) is 5.35. The van der Waals surface area contributed by atoms with E-state index >= 15 is 0 Å². The summed E-state index contributed by atoms with van der Waals surface area (Å²) < 4.78 is 49.4. The maximum atomic E-state index is 13.8. The largest absolute Gasteiger partial charge is 0.493 e. The zero-order chi connectivity index (χ0) is 23.0. The zero-order valence-corrected chi connectivity index (χ0v) is 18.9. The van der Waals surface area contributed by atoms with Gasteiger partial charge in [0, 0.05) is 11.6 Å². The third-order valence-electron chi connectivity index (χ3n) is 4.51. The lowest BCUT2D eigenvalue weighted by molar-refractivity contribution is 0.376. The van der Waals surface area contributed by atoms with Gasteiger partial charge in [0.15, 0.2) is 22.4 Å². The van der Waals surface area contributed by atoms with Crippen molar-refractivity contribution in [1.82, 2.24) is 9.97 Å². The Hall–Kier alpha value is -2.75. The summed E-state index contributed by atoms with van der Waals surface area (Å²) >= 11 is 6.27. The predicted octanol–water partition coefficient (Wildman–Crippen LogP) is 4.68. The number of halogens is 2. The molecular formula is C21H21ClFN3O4S. The smallest absolute Gasteiger partial charge is 0.238 e. The van der Waals surface area contributed by atoms with Crippen LogP contribution in [0.15, 0.2) is 47.6 Å².